The van der Waals surface area contributed by atoms with E-state index in [1.165, 1.54) is 19.3 Å². The first-order valence-corrected chi connectivity index (χ1v) is 8.10. The van der Waals surface area contributed by atoms with Gasteiger partial charge in [0.1, 0.15) is 5.75 Å². The van der Waals surface area contributed by atoms with Gasteiger partial charge in [-0.2, -0.15) is 4.55 Å². The molecule has 1 unspecified atom stereocenters. The fourth-order valence-corrected chi connectivity index (χ4v) is 4.33. The summed E-state index contributed by atoms with van der Waals surface area (Å²) in [5, 5.41) is 3.99. The lowest BCUT2D eigenvalue weighted by Gasteiger charge is -2.30. The minimum absolute atomic E-state index is 0.0897. The molecule has 0 spiro atoms. The van der Waals surface area contributed by atoms with Crippen LogP contribution < -0.4 is 5.32 Å². The normalized spacial score (nSPS) is 35.1. The second-order valence-corrected chi connectivity index (χ2v) is 7.30. The van der Waals surface area contributed by atoms with Gasteiger partial charge in [0.05, 0.1) is 6.04 Å². The second-order valence-electron chi connectivity index (χ2n) is 4.63. The molecule has 16 heavy (non-hydrogen) atoms. The van der Waals surface area contributed by atoms with Crippen LogP contribution in [0.4, 0.5) is 0 Å². The summed E-state index contributed by atoms with van der Waals surface area (Å²) in [6.07, 6.45) is 4.43. The van der Waals surface area contributed by atoms with Gasteiger partial charge in [0.15, 0.2) is 10.9 Å². The Morgan fingerprint density at radius 3 is 2.62 bits per heavy atom. The molecule has 0 aromatic heterocycles. The smallest absolute Gasteiger partial charge is 0.216 e. The predicted molar refractivity (Wildman–Crippen MR) is 70.0 cm³/mol. The van der Waals surface area contributed by atoms with E-state index in [0.29, 0.717) is 11.5 Å². The Bertz CT molecular complexity index is 316. The topological polar surface area (TPSA) is 52.6 Å². The summed E-state index contributed by atoms with van der Waals surface area (Å²) < 4.78 is 20.8. The minimum atomic E-state index is -2.56. The Kier molecular flexibility index (Phi) is 3.81. The molecule has 2 aliphatic rings. The molecule has 92 valence electrons. The Labute approximate surface area is 103 Å². The first-order chi connectivity index (χ1) is 7.57. The summed E-state index contributed by atoms with van der Waals surface area (Å²) in [5.41, 5.74) is 0. The van der Waals surface area contributed by atoms with Crippen molar-refractivity contribution in [3.05, 3.63) is 0 Å². The van der Waals surface area contributed by atoms with Gasteiger partial charge in [-0.3, -0.25) is 0 Å². The van der Waals surface area contributed by atoms with Crippen LogP contribution in [0, 0.1) is 0 Å². The monoisotopic (exact) mass is 263 g/mol. The fourth-order valence-electron chi connectivity index (χ4n) is 2.28. The van der Waals surface area contributed by atoms with E-state index >= 15 is 0 Å². The molecule has 0 saturated carbocycles. The third-order valence-electron chi connectivity index (χ3n) is 3.22. The van der Waals surface area contributed by atoms with Gasteiger partial charge < -0.3 is 10.2 Å². The summed E-state index contributed by atoms with van der Waals surface area (Å²) in [4.78, 5) is 2.18. The van der Waals surface area contributed by atoms with Gasteiger partial charge in [0, 0.05) is 19.5 Å². The quantitative estimate of drug-likeness (QED) is 0.548. The third-order valence-corrected chi connectivity index (χ3v) is 5.39. The zero-order chi connectivity index (χ0) is 11.6. The lowest BCUT2D eigenvalue weighted by atomic mass is 10.1. The van der Waals surface area contributed by atoms with Crippen molar-refractivity contribution in [2.45, 2.75) is 31.7 Å². The first kappa shape index (κ1) is 12.3. The van der Waals surface area contributed by atoms with Crippen molar-refractivity contribution in [3.8, 4) is 0 Å². The number of rotatable bonds is 1. The zero-order valence-electron chi connectivity index (χ0n) is 9.35. The Balaban J connectivity index is 1.81. The highest BCUT2D eigenvalue weighted by molar-refractivity contribution is 7.98. The van der Waals surface area contributed by atoms with Gasteiger partial charge in [-0.05, 0) is 31.5 Å². The van der Waals surface area contributed by atoms with Crippen molar-refractivity contribution in [1.29, 1.82) is 0 Å². The lowest BCUT2D eigenvalue weighted by molar-refractivity contribution is 0.335. The number of hydrogen-bond donors (Lipinski definition) is 2. The molecule has 0 bridgehead atoms. The van der Waals surface area contributed by atoms with Gasteiger partial charge in [-0.25, -0.2) is 0 Å². The lowest BCUT2D eigenvalue weighted by Crippen LogP contribution is -2.47. The molecular weight excluding hydrogens is 244 g/mol. The van der Waals surface area contributed by atoms with Gasteiger partial charge in [-0.1, -0.05) is 4.21 Å². The molecule has 2 heterocycles. The van der Waals surface area contributed by atoms with Crippen LogP contribution in [0.3, 0.4) is 0 Å². The predicted octanol–water partition coefficient (Wildman–Crippen LogP) is 1.09. The van der Waals surface area contributed by atoms with E-state index in [-0.39, 0.29) is 6.04 Å². The maximum atomic E-state index is 11.4. The maximum Gasteiger partial charge on any atom is 0.216 e. The number of thiocarbonyl (C=S) groups is 1. The van der Waals surface area contributed by atoms with Crippen LogP contribution in [-0.4, -0.2) is 45.2 Å². The van der Waals surface area contributed by atoms with Crippen molar-refractivity contribution in [2.75, 3.05) is 24.6 Å². The number of nitrogens with zero attached hydrogens (tertiary/aromatic N) is 1. The van der Waals surface area contributed by atoms with E-state index in [4.69, 9.17) is 12.2 Å². The zero-order valence-corrected chi connectivity index (χ0v) is 11.0. The second kappa shape index (κ2) is 4.98. The Morgan fingerprint density at radius 2 is 2.06 bits per heavy atom. The molecule has 2 N–H and O–H groups in total. The van der Waals surface area contributed by atoms with Crippen molar-refractivity contribution >= 4 is 27.5 Å². The fraction of sp³-hybridized carbons (Fsp3) is 0.900. The highest BCUT2D eigenvalue weighted by atomic mass is 32.3. The summed E-state index contributed by atoms with van der Waals surface area (Å²) in [6, 6.07) is 0.0897. The molecule has 2 aliphatic heterocycles. The molecule has 0 aromatic rings. The highest BCUT2D eigenvalue weighted by Crippen LogP contribution is 2.17. The van der Waals surface area contributed by atoms with E-state index in [0.717, 1.165) is 24.6 Å². The third kappa shape index (κ3) is 3.15. The maximum absolute atomic E-state index is 11.4. The van der Waals surface area contributed by atoms with Crippen LogP contribution in [0.5, 0.6) is 0 Å². The average Bonchev–Trinajstić information content (AvgIpc) is 2.59. The number of hydrogen-bond acceptors (Lipinski definition) is 2. The molecule has 2 fully saturated rings. The molecule has 4 nitrogen and oxygen atoms in total. The van der Waals surface area contributed by atoms with E-state index < -0.39 is 10.2 Å². The Hall–Kier alpha value is -0.200. The van der Waals surface area contributed by atoms with Crippen LogP contribution in [0.1, 0.15) is 25.7 Å². The summed E-state index contributed by atoms with van der Waals surface area (Å²) in [6.45, 7) is 2.04. The molecule has 2 atom stereocenters. The van der Waals surface area contributed by atoms with E-state index in [2.05, 4.69) is 10.2 Å². The van der Waals surface area contributed by atoms with E-state index in [1.807, 2.05) is 0 Å². The minimum Gasteiger partial charge on any atom is -0.355 e. The van der Waals surface area contributed by atoms with Gasteiger partial charge in [-0.15, -0.1) is 0 Å². The van der Waals surface area contributed by atoms with Crippen LogP contribution in [0.25, 0.3) is 0 Å². The van der Waals surface area contributed by atoms with Crippen LogP contribution in [0.2, 0.25) is 0 Å². The summed E-state index contributed by atoms with van der Waals surface area (Å²) in [5.74, 6) is 0.758. The van der Waals surface area contributed by atoms with Crippen LogP contribution in [-0.2, 0) is 14.4 Å². The summed E-state index contributed by atoms with van der Waals surface area (Å²) >= 11 is 5.33. The highest BCUT2D eigenvalue weighted by Gasteiger charge is 2.39. The molecule has 0 aromatic carbocycles. The number of nitrogens with one attached hydrogen (secondary N) is 1. The van der Waals surface area contributed by atoms with Crippen molar-refractivity contribution in [1.82, 2.24) is 10.2 Å². The molecule has 2 rings (SSSR count). The average molecular weight is 263 g/mol. The molecule has 0 aliphatic carbocycles. The molecule has 0 radical (unpaired) electrons. The van der Waals surface area contributed by atoms with Crippen LogP contribution >= 0.6 is 12.2 Å². The van der Waals surface area contributed by atoms with Crippen molar-refractivity contribution in [2.24, 2.45) is 0 Å². The van der Waals surface area contributed by atoms with Gasteiger partial charge >= 0.3 is 0 Å². The molecule has 2 saturated heterocycles. The van der Waals surface area contributed by atoms with Crippen molar-refractivity contribution < 1.29 is 8.76 Å². The van der Waals surface area contributed by atoms with Gasteiger partial charge in [0.25, 0.3) is 0 Å². The van der Waals surface area contributed by atoms with E-state index in [1.54, 1.807) is 0 Å². The standard InChI is InChI=1S/C10H18N2O2S2/c13-16(14)7-4-9(8-16)11-10(15)12-5-2-1-3-6-12/h9H,1-8H2,(H-,11,13,14,15)/p+1/t9-/m0/s1. The Morgan fingerprint density at radius 1 is 1.38 bits per heavy atom. The number of likely N-dealkylation sites (tertiary alicyclic amines) is 1. The van der Waals surface area contributed by atoms with E-state index in [9.17, 15) is 8.76 Å². The molecule has 0 amide bonds. The van der Waals surface area contributed by atoms with Crippen molar-refractivity contribution in [3.63, 3.8) is 0 Å². The number of piperidine rings is 1. The SMILES string of the molecule is O=[S+]1(O)CC[C@H](NC(=S)N2CCCCC2)C1. The summed E-state index contributed by atoms with van der Waals surface area (Å²) in [7, 11) is -2.56. The largest absolute Gasteiger partial charge is 0.355 e. The molecule has 6 heteroatoms. The molecular formula is C10H19N2O2S2+. The van der Waals surface area contributed by atoms with Gasteiger partial charge in [0.2, 0.25) is 10.2 Å². The van der Waals surface area contributed by atoms with Crippen LogP contribution in [0.15, 0.2) is 0 Å². The first-order valence-electron chi connectivity index (χ1n) is 5.84.